The first kappa shape index (κ1) is 17.6. The fourth-order valence-corrected chi connectivity index (χ4v) is 2.98. The predicted molar refractivity (Wildman–Crippen MR) is 93.0 cm³/mol. The van der Waals surface area contributed by atoms with Gasteiger partial charge in [-0.05, 0) is 18.4 Å². The summed E-state index contributed by atoms with van der Waals surface area (Å²) in [4.78, 5) is 18.7. The van der Waals surface area contributed by atoms with E-state index < -0.39 is 0 Å². The van der Waals surface area contributed by atoms with E-state index >= 15 is 0 Å². The van der Waals surface area contributed by atoms with Crippen LogP contribution in [0, 0.1) is 0 Å². The molecule has 1 fully saturated rings. The van der Waals surface area contributed by atoms with Gasteiger partial charge in [0, 0.05) is 24.9 Å². The molecule has 0 spiro atoms. The molecule has 1 atom stereocenters. The number of rotatable bonds is 6. The Hall–Kier alpha value is -2.21. The molecule has 0 N–H and O–H groups in total. The summed E-state index contributed by atoms with van der Waals surface area (Å²) in [6.07, 6.45) is 1.92. The van der Waals surface area contributed by atoms with Crippen LogP contribution in [0.15, 0.2) is 34.9 Å². The van der Waals surface area contributed by atoms with Gasteiger partial charge in [-0.15, -0.1) is 0 Å². The third-order valence-electron chi connectivity index (χ3n) is 4.43. The number of hydrogen-bond donors (Lipinski definition) is 0. The molecule has 1 aromatic carbocycles. The average molecular weight is 343 g/mol. The molecular weight excluding hydrogens is 318 g/mol. The number of nitrogens with zero attached hydrogens (tertiary/aromatic N) is 3. The van der Waals surface area contributed by atoms with Gasteiger partial charge >= 0.3 is 0 Å². The van der Waals surface area contributed by atoms with Crippen molar-refractivity contribution in [3.63, 3.8) is 0 Å². The second-order valence-electron chi connectivity index (χ2n) is 6.80. The van der Waals surface area contributed by atoms with Gasteiger partial charge in [-0.25, -0.2) is 0 Å². The van der Waals surface area contributed by atoms with Gasteiger partial charge in [0.2, 0.25) is 11.8 Å². The summed E-state index contributed by atoms with van der Waals surface area (Å²) in [5.74, 6) is 1.75. The number of piperidine rings is 1. The van der Waals surface area contributed by atoms with Crippen LogP contribution in [0.4, 0.5) is 0 Å². The first-order valence-corrected chi connectivity index (χ1v) is 8.86. The first-order valence-electron chi connectivity index (χ1n) is 8.86. The van der Waals surface area contributed by atoms with E-state index in [4.69, 9.17) is 9.26 Å². The van der Waals surface area contributed by atoms with Crippen LogP contribution in [-0.4, -0.2) is 40.6 Å². The number of aromatic nitrogens is 2. The van der Waals surface area contributed by atoms with Gasteiger partial charge in [0.25, 0.3) is 0 Å². The molecule has 0 aliphatic carbocycles. The summed E-state index contributed by atoms with van der Waals surface area (Å²) < 4.78 is 10.9. The van der Waals surface area contributed by atoms with E-state index in [2.05, 4.69) is 10.1 Å². The molecule has 0 saturated carbocycles. The van der Waals surface area contributed by atoms with Crippen LogP contribution >= 0.6 is 0 Å². The Kier molecular flexibility index (Phi) is 5.81. The van der Waals surface area contributed by atoms with Gasteiger partial charge in [-0.3, -0.25) is 4.79 Å². The van der Waals surface area contributed by atoms with Crippen LogP contribution in [-0.2, 0) is 16.1 Å². The molecule has 0 bridgehead atoms. The lowest BCUT2D eigenvalue weighted by Gasteiger charge is -2.31. The molecule has 0 unspecified atom stereocenters. The van der Waals surface area contributed by atoms with Gasteiger partial charge in [0.1, 0.15) is 6.61 Å². The van der Waals surface area contributed by atoms with E-state index in [0.717, 1.165) is 24.9 Å². The van der Waals surface area contributed by atoms with E-state index in [1.807, 2.05) is 49.1 Å². The summed E-state index contributed by atoms with van der Waals surface area (Å²) >= 11 is 0. The molecule has 1 aliphatic heterocycles. The van der Waals surface area contributed by atoms with E-state index in [9.17, 15) is 4.79 Å². The Bertz CT molecular complexity index is 684. The molecule has 2 aromatic rings. The number of likely N-dealkylation sites (tertiary alicyclic amines) is 1. The maximum atomic E-state index is 12.4. The van der Waals surface area contributed by atoms with Crippen molar-refractivity contribution in [2.45, 2.75) is 45.1 Å². The maximum Gasteiger partial charge on any atom is 0.248 e. The third-order valence-corrected chi connectivity index (χ3v) is 4.43. The summed E-state index contributed by atoms with van der Waals surface area (Å²) in [5.41, 5.74) is 1.07. The standard InChI is InChI=1S/C19H25N3O3/c1-14(2)19-20-18(21-25-19)16-9-6-10-22(11-16)17(23)13-24-12-15-7-4-3-5-8-15/h3-5,7-8,14,16H,6,9-13H2,1-2H3/t16-/m1/s1. The van der Waals surface area contributed by atoms with Crippen molar-refractivity contribution in [3.8, 4) is 0 Å². The number of ether oxygens (including phenoxy) is 1. The monoisotopic (exact) mass is 343 g/mol. The number of carbonyl (C=O) groups is 1. The second-order valence-corrected chi connectivity index (χ2v) is 6.80. The Morgan fingerprint density at radius 3 is 2.88 bits per heavy atom. The summed E-state index contributed by atoms with van der Waals surface area (Å²) in [5, 5.41) is 4.10. The van der Waals surface area contributed by atoms with Crippen molar-refractivity contribution in [1.82, 2.24) is 15.0 Å². The lowest BCUT2D eigenvalue weighted by Crippen LogP contribution is -2.41. The van der Waals surface area contributed by atoms with E-state index in [1.165, 1.54) is 0 Å². The molecular formula is C19H25N3O3. The minimum Gasteiger partial charge on any atom is -0.367 e. The van der Waals surface area contributed by atoms with Gasteiger partial charge in [-0.2, -0.15) is 4.98 Å². The van der Waals surface area contributed by atoms with Crippen molar-refractivity contribution in [2.75, 3.05) is 19.7 Å². The Labute approximate surface area is 148 Å². The fraction of sp³-hybridized carbons (Fsp3) is 0.526. The number of carbonyl (C=O) groups excluding carboxylic acids is 1. The quantitative estimate of drug-likeness (QED) is 0.806. The number of benzene rings is 1. The van der Waals surface area contributed by atoms with Crippen LogP contribution < -0.4 is 0 Å². The SMILES string of the molecule is CC(C)c1nc([C@@H]2CCCN(C(=O)COCc3ccccc3)C2)no1. The molecule has 25 heavy (non-hydrogen) atoms. The lowest BCUT2D eigenvalue weighted by atomic mass is 9.97. The fourth-order valence-electron chi connectivity index (χ4n) is 2.98. The zero-order valence-electron chi connectivity index (χ0n) is 14.9. The molecule has 6 heteroatoms. The summed E-state index contributed by atoms with van der Waals surface area (Å²) in [6.45, 7) is 6.00. The average Bonchev–Trinajstić information content (AvgIpc) is 3.13. The maximum absolute atomic E-state index is 12.4. The van der Waals surface area contributed by atoms with Crippen molar-refractivity contribution >= 4 is 5.91 Å². The highest BCUT2D eigenvalue weighted by molar-refractivity contribution is 5.77. The van der Waals surface area contributed by atoms with Gasteiger partial charge < -0.3 is 14.2 Å². The normalized spacial score (nSPS) is 17.9. The highest BCUT2D eigenvalue weighted by atomic mass is 16.5. The molecule has 3 rings (SSSR count). The molecule has 2 heterocycles. The van der Waals surface area contributed by atoms with Crippen LogP contribution in [0.1, 0.15) is 55.8 Å². The zero-order chi connectivity index (χ0) is 17.6. The van der Waals surface area contributed by atoms with Crippen molar-refractivity contribution in [1.29, 1.82) is 0 Å². The second kappa shape index (κ2) is 8.25. The summed E-state index contributed by atoms with van der Waals surface area (Å²) in [7, 11) is 0. The first-order chi connectivity index (χ1) is 12.1. The summed E-state index contributed by atoms with van der Waals surface area (Å²) in [6, 6.07) is 9.87. The minimum atomic E-state index is 0.0215. The smallest absolute Gasteiger partial charge is 0.248 e. The Balaban J connectivity index is 1.50. The van der Waals surface area contributed by atoms with Crippen molar-refractivity contribution < 1.29 is 14.1 Å². The molecule has 1 aliphatic rings. The minimum absolute atomic E-state index is 0.0215. The van der Waals surface area contributed by atoms with Gasteiger partial charge in [-0.1, -0.05) is 49.3 Å². The molecule has 6 nitrogen and oxygen atoms in total. The highest BCUT2D eigenvalue weighted by Gasteiger charge is 2.28. The van der Waals surface area contributed by atoms with Crippen LogP contribution in [0.25, 0.3) is 0 Å². The van der Waals surface area contributed by atoms with Gasteiger partial charge in [0.05, 0.1) is 6.61 Å². The molecule has 1 aromatic heterocycles. The largest absolute Gasteiger partial charge is 0.367 e. The topological polar surface area (TPSA) is 68.5 Å². The van der Waals surface area contributed by atoms with Crippen LogP contribution in [0.3, 0.4) is 0 Å². The number of hydrogen-bond acceptors (Lipinski definition) is 5. The Morgan fingerprint density at radius 2 is 2.16 bits per heavy atom. The molecule has 1 amide bonds. The predicted octanol–water partition coefficient (Wildman–Crippen LogP) is 3.12. The van der Waals surface area contributed by atoms with E-state index in [-0.39, 0.29) is 24.3 Å². The molecule has 1 saturated heterocycles. The Morgan fingerprint density at radius 1 is 1.36 bits per heavy atom. The third kappa shape index (κ3) is 4.66. The van der Waals surface area contributed by atoms with E-state index in [0.29, 0.717) is 24.9 Å². The zero-order valence-corrected chi connectivity index (χ0v) is 14.9. The molecule has 134 valence electrons. The van der Waals surface area contributed by atoms with Crippen molar-refractivity contribution in [3.05, 3.63) is 47.6 Å². The van der Waals surface area contributed by atoms with Crippen LogP contribution in [0.5, 0.6) is 0 Å². The lowest BCUT2D eigenvalue weighted by molar-refractivity contribution is -0.137. The van der Waals surface area contributed by atoms with Crippen LogP contribution in [0.2, 0.25) is 0 Å². The highest BCUT2D eigenvalue weighted by Crippen LogP contribution is 2.26. The van der Waals surface area contributed by atoms with E-state index in [1.54, 1.807) is 0 Å². The molecule has 0 radical (unpaired) electrons. The number of amides is 1. The van der Waals surface area contributed by atoms with Gasteiger partial charge in [0.15, 0.2) is 5.82 Å². The van der Waals surface area contributed by atoms with Crippen molar-refractivity contribution in [2.24, 2.45) is 0 Å².